The Kier molecular flexibility index (Phi) is 6.73. The van der Waals surface area contributed by atoms with Gasteiger partial charge in [-0.3, -0.25) is 0 Å². The highest BCUT2D eigenvalue weighted by Crippen LogP contribution is 2.20. The molecule has 2 rings (SSSR count). The average molecular weight is 402 g/mol. The van der Waals surface area contributed by atoms with Crippen LogP contribution in [0.2, 0.25) is 0 Å². The Balaban J connectivity index is 2.05. The van der Waals surface area contributed by atoms with Gasteiger partial charge in [0.05, 0.1) is 16.7 Å². The maximum atomic E-state index is 12.4. The second-order valence-electron chi connectivity index (χ2n) is 6.95. The summed E-state index contributed by atoms with van der Waals surface area (Å²) in [5.41, 5.74) is 1.63. The lowest BCUT2D eigenvalue weighted by Crippen LogP contribution is -2.32. The molecule has 0 aliphatic carbocycles. The van der Waals surface area contributed by atoms with Crippen LogP contribution in [0.3, 0.4) is 0 Å². The number of carboxylic acid groups (broad SMARTS) is 2. The minimum atomic E-state index is -1.55. The molecule has 2 aromatic rings. The van der Waals surface area contributed by atoms with E-state index in [9.17, 15) is 24.6 Å². The number of carbonyl (C=O) groups excluding carboxylic acids is 1. The van der Waals surface area contributed by atoms with E-state index in [0.29, 0.717) is 11.1 Å². The van der Waals surface area contributed by atoms with Gasteiger partial charge in [0.1, 0.15) is 6.61 Å². The lowest BCUT2D eigenvalue weighted by molar-refractivity contribution is -0.411. The SMILES string of the molecule is Cc1ccc(COOC(C)(C)OC(=O)c2ccc(C)cc2C(=O)O)c(C(=O)O)c1. The molecule has 0 saturated carbocycles. The molecular formula is C21H22O8. The zero-order valence-electron chi connectivity index (χ0n) is 16.5. The molecular weight excluding hydrogens is 380 g/mol. The summed E-state index contributed by atoms with van der Waals surface area (Å²) < 4.78 is 5.22. The molecule has 154 valence electrons. The molecule has 8 heteroatoms. The summed E-state index contributed by atoms with van der Waals surface area (Å²) in [6, 6.07) is 9.18. The molecule has 0 aliphatic heterocycles. The van der Waals surface area contributed by atoms with Crippen LogP contribution in [0.1, 0.15) is 61.6 Å². The van der Waals surface area contributed by atoms with Crippen LogP contribution in [0.15, 0.2) is 36.4 Å². The quantitative estimate of drug-likeness (QED) is 0.297. The Labute approximate surface area is 167 Å². The highest BCUT2D eigenvalue weighted by molar-refractivity contribution is 6.02. The van der Waals surface area contributed by atoms with Crippen molar-refractivity contribution in [3.8, 4) is 0 Å². The average Bonchev–Trinajstić information content (AvgIpc) is 2.61. The maximum absolute atomic E-state index is 12.4. The van der Waals surface area contributed by atoms with Gasteiger partial charge in [-0.2, -0.15) is 4.89 Å². The van der Waals surface area contributed by atoms with Crippen molar-refractivity contribution in [2.75, 3.05) is 0 Å². The molecule has 2 N–H and O–H groups in total. The smallest absolute Gasteiger partial charge is 0.341 e. The van der Waals surface area contributed by atoms with Crippen LogP contribution in [0, 0.1) is 13.8 Å². The lowest BCUT2D eigenvalue weighted by atomic mass is 10.0. The summed E-state index contributed by atoms with van der Waals surface area (Å²) >= 11 is 0. The first-order valence-electron chi connectivity index (χ1n) is 8.71. The summed E-state index contributed by atoms with van der Waals surface area (Å²) in [5.74, 6) is -4.79. The number of benzene rings is 2. The van der Waals surface area contributed by atoms with E-state index in [1.165, 1.54) is 32.0 Å². The van der Waals surface area contributed by atoms with Crippen molar-refractivity contribution in [2.24, 2.45) is 0 Å². The van der Waals surface area contributed by atoms with Gasteiger partial charge in [0.2, 0.25) is 5.79 Å². The molecule has 0 bridgehead atoms. The molecule has 0 radical (unpaired) electrons. The summed E-state index contributed by atoms with van der Waals surface area (Å²) in [4.78, 5) is 45.3. The predicted octanol–water partition coefficient (Wildman–Crippen LogP) is 3.74. The van der Waals surface area contributed by atoms with Gasteiger partial charge < -0.3 is 14.9 Å². The first-order valence-corrected chi connectivity index (χ1v) is 8.71. The highest BCUT2D eigenvalue weighted by Gasteiger charge is 2.28. The third-order valence-electron chi connectivity index (χ3n) is 3.93. The van der Waals surface area contributed by atoms with Crippen molar-refractivity contribution in [1.82, 2.24) is 0 Å². The third-order valence-corrected chi connectivity index (χ3v) is 3.93. The Morgan fingerprint density at radius 1 is 0.862 bits per heavy atom. The van der Waals surface area contributed by atoms with E-state index in [4.69, 9.17) is 14.5 Å². The van der Waals surface area contributed by atoms with Gasteiger partial charge in [0.15, 0.2) is 0 Å². The van der Waals surface area contributed by atoms with Gasteiger partial charge in [0, 0.05) is 13.8 Å². The number of rotatable bonds is 8. The van der Waals surface area contributed by atoms with Gasteiger partial charge in [-0.05, 0) is 37.6 Å². The number of hydrogen-bond acceptors (Lipinski definition) is 6. The summed E-state index contributed by atoms with van der Waals surface area (Å²) in [6.45, 7) is 6.11. The normalized spacial score (nSPS) is 11.2. The van der Waals surface area contributed by atoms with Crippen LogP contribution >= 0.6 is 0 Å². The van der Waals surface area contributed by atoms with Crippen LogP contribution in [0.25, 0.3) is 0 Å². The van der Waals surface area contributed by atoms with Gasteiger partial charge >= 0.3 is 17.9 Å². The molecule has 0 saturated heterocycles. The summed E-state index contributed by atoms with van der Waals surface area (Å²) in [6.07, 6.45) is 0. The number of ether oxygens (including phenoxy) is 1. The van der Waals surface area contributed by atoms with Gasteiger partial charge in [-0.15, -0.1) is 0 Å². The molecule has 0 aliphatic rings. The van der Waals surface area contributed by atoms with E-state index in [2.05, 4.69) is 0 Å². The number of aryl methyl sites for hydroxylation is 2. The van der Waals surface area contributed by atoms with Crippen LogP contribution in [-0.4, -0.2) is 33.9 Å². The summed E-state index contributed by atoms with van der Waals surface area (Å²) in [5, 5.41) is 18.6. The van der Waals surface area contributed by atoms with E-state index in [1.54, 1.807) is 32.0 Å². The monoisotopic (exact) mass is 402 g/mol. The van der Waals surface area contributed by atoms with Crippen molar-refractivity contribution >= 4 is 17.9 Å². The fourth-order valence-electron chi connectivity index (χ4n) is 2.56. The van der Waals surface area contributed by atoms with Crippen molar-refractivity contribution in [1.29, 1.82) is 0 Å². The van der Waals surface area contributed by atoms with E-state index in [1.807, 2.05) is 0 Å². The Hall–Kier alpha value is -3.23. The number of carbonyl (C=O) groups is 3. The second kappa shape index (κ2) is 8.85. The van der Waals surface area contributed by atoms with E-state index in [0.717, 1.165) is 5.56 Å². The zero-order valence-corrected chi connectivity index (χ0v) is 16.5. The Morgan fingerprint density at radius 2 is 1.41 bits per heavy atom. The second-order valence-corrected chi connectivity index (χ2v) is 6.95. The number of carboxylic acids is 2. The molecule has 8 nitrogen and oxygen atoms in total. The topological polar surface area (TPSA) is 119 Å². The Morgan fingerprint density at radius 3 is 2.00 bits per heavy atom. The molecule has 0 amide bonds. The van der Waals surface area contributed by atoms with Crippen LogP contribution < -0.4 is 0 Å². The zero-order chi connectivity index (χ0) is 21.8. The molecule has 2 aromatic carbocycles. The molecule has 29 heavy (non-hydrogen) atoms. The van der Waals surface area contributed by atoms with E-state index >= 15 is 0 Å². The van der Waals surface area contributed by atoms with Crippen molar-refractivity contribution in [3.05, 3.63) is 69.8 Å². The van der Waals surface area contributed by atoms with Crippen molar-refractivity contribution < 1.29 is 39.1 Å². The minimum Gasteiger partial charge on any atom is -0.478 e. The first kappa shape index (κ1) is 22.1. The van der Waals surface area contributed by atoms with E-state index in [-0.39, 0.29) is 23.3 Å². The fourth-order valence-corrected chi connectivity index (χ4v) is 2.56. The van der Waals surface area contributed by atoms with Crippen LogP contribution in [0.4, 0.5) is 0 Å². The highest BCUT2D eigenvalue weighted by atomic mass is 17.2. The molecule has 0 unspecified atom stereocenters. The number of hydrogen-bond donors (Lipinski definition) is 2. The standard InChI is InChI=1S/C21H22O8/c1-12-5-7-14(16(9-12)18(22)23)11-27-29-21(3,4)28-20(26)15-8-6-13(2)10-17(15)19(24)25/h5-10H,11H2,1-4H3,(H,22,23)(H,24,25). The Bertz CT molecular complexity index is 946. The fraction of sp³-hybridized carbons (Fsp3) is 0.286. The number of esters is 1. The molecule has 0 heterocycles. The molecule has 0 fully saturated rings. The molecule has 0 aromatic heterocycles. The van der Waals surface area contributed by atoms with Crippen molar-refractivity contribution in [3.63, 3.8) is 0 Å². The van der Waals surface area contributed by atoms with Crippen molar-refractivity contribution in [2.45, 2.75) is 40.1 Å². The van der Waals surface area contributed by atoms with Crippen LogP contribution in [-0.2, 0) is 21.1 Å². The third kappa shape index (κ3) is 5.87. The molecule has 0 atom stereocenters. The first-order chi connectivity index (χ1) is 13.5. The largest absolute Gasteiger partial charge is 0.478 e. The predicted molar refractivity (Wildman–Crippen MR) is 102 cm³/mol. The molecule has 0 spiro atoms. The maximum Gasteiger partial charge on any atom is 0.341 e. The van der Waals surface area contributed by atoms with Gasteiger partial charge in [0.25, 0.3) is 0 Å². The number of aromatic carboxylic acids is 2. The van der Waals surface area contributed by atoms with Gasteiger partial charge in [-0.1, -0.05) is 29.3 Å². The van der Waals surface area contributed by atoms with Crippen LogP contribution in [0.5, 0.6) is 0 Å². The lowest BCUT2D eigenvalue weighted by Gasteiger charge is -2.24. The van der Waals surface area contributed by atoms with Gasteiger partial charge in [-0.25, -0.2) is 19.3 Å². The summed E-state index contributed by atoms with van der Waals surface area (Å²) in [7, 11) is 0. The minimum absolute atomic E-state index is 0.0779. The van der Waals surface area contributed by atoms with E-state index < -0.39 is 23.7 Å².